The van der Waals surface area contributed by atoms with Crippen molar-refractivity contribution >= 4 is 20.9 Å². The fraction of sp³-hybridized carbons (Fsp3) is 0.0909. The fourth-order valence-electron chi connectivity index (χ4n) is 3.09. The van der Waals surface area contributed by atoms with E-state index in [1.165, 1.54) is 3.97 Å². The van der Waals surface area contributed by atoms with E-state index < -0.39 is 10.0 Å². The summed E-state index contributed by atoms with van der Waals surface area (Å²) in [6.45, 7) is 2.36. The standard InChI is InChI=1S/C22H19NO3S/c1-17-14-21-20(22(15-17)26-16-18-8-4-2-5-9-18)12-13-23(21)27(24,25)19-10-6-3-7-11-19/h2-15H,16H2,1H3. The molecule has 0 spiro atoms. The Morgan fingerprint density at radius 1 is 0.889 bits per heavy atom. The fourth-order valence-corrected chi connectivity index (χ4v) is 4.45. The van der Waals surface area contributed by atoms with Gasteiger partial charge in [-0.3, -0.25) is 0 Å². The SMILES string of the molecule is Cc1cc(OCc2ccccc2)c2ccn(S(=O)(=O)c3ccccc3)c2c1. The third kappa shape index (κ3) is 3.34. The highest BCUT2D eigenvalue weighted by atomic mass is 32.2. The Morgan fingerprint density at radius 2 is 1.56 bits per heavy atom. The molecule has 0 radical (unpaired) electrons. The van der Waals surface area contributed by atoms with Crippen molar-refractivity contribution in [3.63, 3.8) is 0 Å². The quantitative estimate of drug-likeness (QED) is 0.503. The van der Waals surface area contributed by atoms with E-state index in [0.717, 1.165) is 16.5 Å². The molecule has 0 unspecified atom stereocenters. The molecule has 0 aliphatic heterocycles. The van der Waals surface area contributed by atoms with Crippen molar-refractivity contribution in [2.45, 2.75) is 18.4 Å². The van der Waals surface area contributed by atoms with Crippen molar-refractivity contribution in [3.05, 3.63) is 96.2 Å². The number of benzene rings is 3. The van der Waals surface area contributed by atoms with Crippen LogP contribution >= 0.6 is 0 Å². The van der Waals surface area contributed by atoms with Gasteiger partial charge in [0.1, 0.15) is 12.4 Å². The molecule has 136 valence electrons. The van der Waals surface area contributed by atoms with Gasteiger partial charge in [-0.2, -0.15) is 0 Å². The zero-order valence-electron chi connectivity index (χ0n) is 14.9. The van der Waals surface area contributed by atoms with Crippen LogP contribution in [0.5, 0.6) is 5.75 Å². The summed E-state index contributed by atoms with van der Waals surface area (Å²) in [5, 5.41) is 0.774. The molecule has 0 N–H and O–H groups in total. The minimum atomic E-state index is -3.66. The van der Waals surface area contributed by atoms with Gasteiger partial charge in [-0.25, -0.2) is 12.4 Å². The summed E-state index contributed by atoms with van der Waals surface area (Å²) in [6.07, 6.45) is 1.59. The van der Waals surface area contributed by atoms with Crippen molar-refractivity contribution in [3.8, 4) is 5.75 Å². The van der Waals surface area contributed by atoms with E-state index in [-0.39, 0.29) is 4.90 Å². The average molecular weight is 377 g/mol. The highest BCUT2D eigenvalue weighted by Crippen LogP contribution is 2.31. The second-order valence-corrected chi connectivity index (χ2v) is 8.21. The molecule has 0 saturated carbocycles. The third-order valence-electron chi connectivity index (χ3n) is 4.42. The maximum atomic E-state index is 13.0. The van der Waals surface area contributed by atoms with Gasteiger partial charge in [0.15, 0.2) is 0 Å². The lowest BCUT2D eigenvalue weighted by Crippen LogP contribution is -2.11. The van der Waals surface area contributed by atoms with Gasteiger partial charge < -0.3 is 4.74 Å². The van der Waals surface area contributed by atoms with Crippen molar-refractivity contribution < 1.29 is 13.2 Å². The largest absolute Gasteiger partial charge is 0.488 e. The van der Waals surface area contributed by atoms with Crippen LogP contribution in [0.3, 0.4) is 0 Å². The third-order valence-corrected chi connectivity index (χ3v) is 6.12. The Labute approximate surface area is 158 Å². The van der Waals surface area contributed by atoms with Crippen molar-refractivity contribution in [2.75, 3.05) is 0 Å². The minimum Gasteiger partial charge on any atom is -0.488 e. The molecular weight excluding hydrogens is 358 g/mol. The number of ether oxygens (including phenoxy) is 1. The van der Waals surface area contributed by atoms with Crippen molar-refractivity contribution in [1.29, 1.82) is 0 Å². The van der Waals surface area contributed by atoms with Crippen LogP contribution in [0.25, 0.3) is 10.9 Å². The zero-order chi connectivity index (χ0) is 18.9. The van der Waals surface area contributed by atoms with E-state index in [9.17, 15) is 8.42 Å². The molecule has 0 atom stereocenters. The second-order valence-electron chi connectivity index (χ2n) is 6.40. The average Bonchev–Trinajstić information content (AvgIpc) is 3.12. The van der Waals surface area contributed by atoms with Crippen LogP contribution in [0.15, 0.2) is 90.0 Å². The molecule has 4 rings (SSSR count). The molecule has 0 amide bonds. The molecule has 1 heterocycles. The summed E-state index contributed by atoms with van der Waals surface area (Å²) >= 11 is 0. The summed E-state index contributed by atoms with van der Waals surface area (Å²) in [5.74, 6) is 0.677. The topological polar surface area (TPSA) is 48.3 Å². The van der Waals surface area contributed by atoms with Crippen molar-refractivity contribution in [2.24, 2.45) is 0 Å². The number of hydrogen-bond donors (Lipinski definition) is 0. The highest BCUT2D eigenvalue weighted by Gasteiger charge is 2.20. The normalized spacial score (nSPS) is 11.6. The van der Waals surface area contributed by atoms with Gasteiger partial charge in [0, 0.05) is 11.6 Å². The Hall–Kier alpha value is -3.05. The predicted molar refractivity (Wildman–Crippen MR) is 106 cm³/mol. The molecular formula is C22H19NO3S. The van der Waals surface area contributed by atoms with Crippen LogP contribution in [-0.4, -0.2) is 12.4 Å². The number of aromatic nitrogens is 1. The molecule has 27 heavy (non-hydrogen) atoms. The molecule has 0 bridgehead atoms. The van der Waals surface area contributed by atoms with E-state index in [1.807, 2.05) is 49.4 Å². The molecule has 0 aliphatic rings. The smallest absolute Gasteiger partial charge is 0.268 e. The lowest BCUT2D eigenvalue weighted by molar-refractivity contribution is 0.310. The summed E-state index contributed by atoms with van der Waals surface area (Å²) in [4.78, 5) is 0.260. The monoisotopic (exact) mass is 377 g/mol. The predicted octanol–water partition coefficient (Wildman–Crippen LogP) is 4.77. The van der Waals surface area contributed by atoms with Crippen LogP contribution in [0.4, 0.5) is 0 Å². The second kappa shape index (κ2) is 6.93. The van der Waals surface area contributed by atoms with Crippen LogP contribution < -0.4 is 4.74 Å². The number of aryl methyl sites for hydroxylation is 1. The maximum absolute atomic E-state index is 13.0. The number of fused-ring (bicyclic) bond motifs is 1. The van der Waals surface area contributed by atoms with Crippen LogP contribution in [-0.2, 0) is 16.6 Å². The summed E-state index contributed by atoms with van der Waals surface area (Å²) in [7, 11) is -3.66. The van der Waals surface area contributed by atoms with Gasteiger partial charge in [0.2, 0.25) is 0 Å². The summed E-state index contributed by atoms with van der Waals surface area (Å²) < 4.78 is 33.4. The number of nitrogens with zero attached hydrogens (tertiary/aromatic N) is 1. The molecule has 0 fully saturated rings. The Morgan fingerprint density at radius 3 is 2.26 bits per heavy atom. The summed E-state index contributed by atoms with van der Waals surface area (Å²) in [5.41, 5.74) is 2.61. The molecule has 5 heteroatoms. The first-order valence-electron chi connectivity index (χ1n) is 8.65. The number of rotatable bonds is 5. The molecule has 1 aromatic heterocycles. The minimum absolute atomic E-state index is 0.260. The molecule has 4 aromatic rings. The first-order valence-corrected chi connectivity index (χ1v) is 10.1. The lowest BCUT2D eigenvalue weighted by Gasteiger charge is -2.11. The number of hydrogen-bond acceptors (Lipinski definition) is 3. The maximum Gasteiger partial charge on any atom is 0.268 e. The van der Waals surface area contributed by atoms with E-state index in [0.29, 0.717) is 17.9 Å². The molecule has 0 aliphatic carbocycles. The first-order chi connectivity index (χ1) is 13.1. The van der Waals surface area contributed by atoms with Gasteiger partial charge in [-0.1, -0.05) is 48.5 Å². The van der Waals surface area contributed by atoms with Gasteiger partial charge in [-0.05, 0) is 48.4 Å². The van der Waals surface area contributed by atoms with Gasteiger partial charge in [0.25, 0.3) is 10.0 Å². The Bertz CT molecular complexity index is 1180. The Kier molecular flexibility index (Phi) is 4.46. The molecule has 4 nitrogen and oxygen atoms in total. The van der Waals surface area contributed by atoms with E-state index >= 15 is 0 Å². The van der Waals surface area contributed by atoms with E-state index in [4.69, 9.17) is 4.74 Å². The zero-order valence-corrected chi connectivity index (χ0v) is 15.7. The molecule has 3 aromatic carbocycles. The lowest BCUT2D eigenvalue weighted by atomic mass is 10.1. The first kappa shape index (κ1) is 17.4. The van der Waals surface area contributed by atoms with Gasteiger partial charge >= 0.3 is 0 Å². The van der Waals surface area contributed by atoms with Gasteiger partial charge in [-0.15, -0.1) is 0 Å². The highest BCUT2D eigenvalue weighted by molar-refractivity contribution is 7.90. The Balaban J connectivity index is 1.76. The van der Waals surface area contributed by atoms with Crippen LogP contribution in [0, 0.1) is 6.92 Å². The molecule has 0 saturated heterocycles. The van der Waals surface area contributed by atoms with E-state index in [2.05, 4.69) is 0 Å². The van der Waals surface area contributed by atoms with Crippen LogP contribution in [0.1, 0.15) is 11.1 Å². The van der Waals surface area contributed by atoms with E-state index in [1.54, 1.807) is 42.6 Å². The summed E-state index contributed by atoms with van der Waals surface area (Å²) in [6, 6.07) is 23.9. The van der Waals surface area contributed by atoms with Crippen molar-refractivity contribution in [1.82, 2.24) is 3.97 Å². The van der Waals surface area contributed by atoms with Crippen LogP contribution in [0.2, 0.25) is 0 Å². The van der Waals surface area contributed by atoms with Gasteiger partial charge in [0.05, 0.1) is 10.4 Å².